The van der Waals surface area contributed by atoms with Crippen LogP contribution < -0.4 is 16.6 Å². The van der Waals surface area contributed by atoms with Crippen LogP contribution in [-0.2, 0) is 4.79 Å². The Balaban J connectivity index is 2.17. The van der Waals surface area contributed by atoms with E-state index < -0.39 is 17.1 Å². The van der Waals surface area contributed by atoms with Gasteiger partial charge in [0.05, 0.1) is 22.8 Å². The Morgan fingerprint density at radius 2 is 1.80 bits per heavy atom. The highest BCUT2D eigenvalue weighted by molar-refractivity contribution is 6.03. The Kier molecular flexibility index (Phi) is 5.96. The van der Waals surface area contributed by atoms with Gasteiger partial charge in [0, 0.05) is 6.42 Å². The van der Waals surface area contributed by atoms with Crippen LogP contribution in [0, 0.1) is 6.92 Å². The number of aromatic amines is 1. The summed E-state index contributed by atoms with van der Waals surface area (Å²) in [5.41, 5.74) is 0.647. The highest BCUT2D eigenvalue weighted by atomic mass is 16.3. The SMILES string of the molecule is CCC(=O)Nc1ccccc1N=C(C)c1c(O)n(-c2ccccc2C)c(=O)[nH]c1=O. The van der Waals surface area contributed by atoms with Crippen LogP contribution in [0.3, 0.4) is 0 Å². The zero-order chi connectivity index (χ0) is 21.8. The molecule has 3 aromatic rings. The average molecular weight is 406 g/mol. The van der Waals surface area contributed by atoms with Crippen LogP contribution in [0.1, 0.15) is 31.4 Å². The normalized spacial score (nSPS) is 11.4. The van der Waals surface area contributed by atoms with Crippen molar-refractivity contribution >= 4 is 23.0 Å². The van der Waals surface area contributed by atoms with Gasteiger partial charge in [0.15, 0.2) is 0 Å². The second-order valence-corrected chi connectivity index (χ2v) is 6.70. The van der Waals surface area contributed by atoms with E-state index >= 15 is 0 Å². The highest BCUT2D eigenvalue weighted by Crippen LogP contribution is 2.27. The fourth-order valence-electron chi connectivity index (χ4n) is 3.04. The zero-order valence-electron chi connectivity index (χ0n) is 16.9. The van der Waals surface area contributed by atoms with Crippen LogP contribution in [0.15, 0.2) is 63.1 Å². The molecular formula is C22H22N4O4. The number of hydrogen-bond donors (Lipinski definition) is 3. The summed E-state index contributed by atoms with van der Waals surface area (Å²) in [6, 6.07) is 13.9. The standard InChI is InChI=1S/C22H22N4O4/c1-4-18(27)24-16-11-7-6-10-15(16)23-14(3)19-20(28)25-22(30)26(21(19)29)17-12-8-5-9-13(17)2/h5-12,29H,4H2,1-3H3,(H,24,27)(H,25,28,30). The van der Waals surface area contributed by atoms with Crippen molar-refractivity contribution in [3.05, 3.63) is 80.5 Å². The minimum Gasteiger partial charge on any atom is -0.493 e. The molecule has 1 aromatic heterocycles. The lowest BCUT2D eigenvalue weighted by atomic mass is 10.1. The number of carbonyl (C=O) groups excluding carboxylic acids is 1. The first-order valence-corrected chi connectivity index (χ1v) is 9.42. The summed E-state index contributed by atoms with van der Waals surface area (Å²) in [7, 11) is 0. The van der Waals surface area contributed by atoms with Crippen LogP contribution in [-0.4, -0.2) is 26.3 Å². The van der Waals surface area contributed by atoms with E-state index in [4.69, 9.17) is 0 Å². The molecular weight excluding hydrogens is 384 g/mol. The van der Waals surface area contributed by atoms with Crippen molar-refractivity contribution in [1.29, 1.82) is 0 Å². The largest absolute Gasteiger partial charge is 0.493 e. The smallest absolute Gasteiger partial charge is 0.335 e. The number of nitrogens with zero attached hydrogens (tertiary/aromatic N) is 2. The summed E-state index contributed by atoms with van der Waals surface area (Å²) < 4.78 is 1.04. The number of H-pyrrole nitrogens is 1. The Bertz CT molecular complexity index is 1250. The molecule has 3 rings (SSSR count). The first kappa shape index (κ1) is 20.8. The topological polar surface area (TPSA) is 117 Å². The number of aliphatic imine (C=N–C) groups is 1. The van der Waals surface area contributed by atoms with E-state index in [0.717, 1.165) is 10.1 Å². The van der Waals surface area contributed by atoms with Crippen LogP contribution in [0.5, 0.6) is 5.88 Å². The minimum absolute atomic E-state index is 0.130. The Labute approximate surface area is 172 Å². The molecule has 30 heavy (non-hydrogen) atoms. The quantitative estimate of drug-likeness (QED) is 0.565. The molecule has 0 unspecified atom stereocenters. The summed E-state index contributed by atoms with van der Waals surface area (Å²) in [6.07, 6.45) is 0.304. The summed E-state index contributed by atoms with van der Waals surface area (Å²) in [5, 5.41) is 13.6. The molecule has 0 fully saturated rings. The van der Waals surface area contributed by atoms with Crippen molar-refractivity contribution in [2.75, 3.05) is 5.32 Å². The van der Waals surface area contributed by atoms with Gasteiger partial charge in [-0.25, -0.2) is 9.36 Å². The first-order chi connectivity index (χ1) is 14.3. The van der Waals surface area contributed by atoms with Crippen LogP contribution >= 0.6 is 0 Å². The van der Waals surface area contributed by atoms with Gasteiger partial charge >= 0.3 is 5.69 Å². The number of aryl methyl sites for hydroxylation is 1. The number of rotatable bonds is 5. The molecule has 0 atom stereocenters. The Morgan fingerprint density at radius 3 is 2.50 bits per heavy atom. The lowest BCUT2D eigenvalue weighted by molar-refractivity contribution is -0.115. The molecule has 0 aliphatic heterocycles. The van der Waals surface area contributed by atoms with Gasteiger partial charge in [0.25, 0.3) is 5.56 Å². The fraction of sp³-hybridized carbons (Fsp3) is 0.182. The molecule has 0 bridgehead atoms. The molecule has 0 saturated heterocycles. The number of aromatic nitrogens is 2. The molecule has 3 N–H and O–H groups in total. The van der Waals surface area contributed by atoms with E-state index in [1.165, 1.54) is 0 Å². The number of amides is 1. The number of hydrogen-bond acceptors (Lipinski definition) is 5. The van der Waals surface area contributed by atoms with E-state index in [1.807, 2.05) is 6.07 Å². The predicted octanol–water partition coefficient (Wildman–Crippen LogP) is 3.03. The minimum atomic E-state index is -0.751. The number of aromatic hydroxyl groups is 1. The molecule has 8 heteroatoms. The maximum atomic E-state index is 12.5. The van der Waals surface area contributed by atoms with Crippen molar-refractivity contribution in [3.63, 3.8) is 0 Å². The van der Waals surface area contributed by atoms with Crippen molar-refractivity contribution < 1.29 is 9.90 Å². The van der Waals surface area contributed by atoms with Gasteiger partial charge in [-0.2, -0.15) is 0 Å². The first-order valence-electron chi connectivity index (χ1n) is 9.42. The molecule has 0 radical (unpaired) electrons. The Morgan fingerprint density at radius 1 is 1.13 bits per heavy atom. The summed E-state index contributed by atoms with van der Waals surface area (Å²) >= 11 is 0. The molecule has 0 aliphatic rings. The predicted molar refractivity (Wildman–Crippen MR) is 116 cm³/mol. The lowest BCUT2D eigenvalue weighted by Gasteiger charge is -2.13. The summed E-state index contributed by atoms with van der Waals surface area (Å²) in [6.45, 7) is 5.08. The molecule has 0 saturated carbocycles. The van der Waals surface area contributed by atoms with Crippen LogP contribution in [0.4, 0.5) is 11.4 Å². The lowest BCUT2D eigenvalue weighted by Crippen LogP contribution is -2.33. The third kappa shape index (κ3) is 4.07. The molecule has 1 amide bonds. The number of nitrogens with one attached hydrogen (secondary N) is 2. The molecule has 1 heterocycles. The number of para-hydroxylation sites is 3. The fourth-order valence-corrected chi connectivity index (χ4v) is 3.04. The molecule has 154 valence electrons. The Hall–Kier alpha value is -3.94. The number of carbonyl (C=O) groups is 1. The van der Waals surface area contributed by atoms with Gasteiger partial charge in [-0.05, 0) is 37.6 Å². The van der Waals surface area contributed by atoms with E-state index in [2.05, 4.69) is 15.3 Å². The average Bonchev–Trinajstić information content (AvgIpc) is 2.70. The summed E-state index contributed by atoms with van der Waals surface area (Å²) in [5.74, 6) is -0.682. The summed E-state index contributed by atoms with van der Waals surface area (Å²) in [4.78, 5) is 43.4. The number of benzene rings is 2. The van der Waals surface area contributed by atoms with Crippen LogP contribution in [0.25, 0.3) is 5.69 Å². The van der Waals surface area contributed by atoms with Crippen molar-refractivity contribution in [1.82, 2.24) is 9.55 Å². The van der Waals surface area contributed by atoms with E-state index in [1.54, 1.807) is 63.2 Å². The van der Waals surface area contributed by atoms with Gasteiger partial charge in [-0.3, -0.25) is 19.6 Å². The van der Waals surface area contributed by atoms with Crippen molar-refractivity contribution in [2.45, 2.75) is 27.2 Å². The number of anilines is 1. The maximum absolute atomic E-state index is 12.5. The van der Waals surface area contributed by atoms with E-state index in [9.17, 15) is 19.5 Å². The molecule has 2 aromatic carbocycles. The molecule has 0 aliphatic carbocycles. The van der Waals surface area contributed by atoms with Crippen molar-refractivity contribution in [2.24, 2.45) is 4.99 Å². The highest BCUT2D eigenvalue weighted by Gasteiger charge is 2.19. The monoisotopic (exact) mass is 406 g/mol. The molecule has 0 spiro atoms. The third-order valence-electron chi connectivity index (χ3n) is 4.59. The van der Waals surface area contributed by atoms with E-state index in [-0.39, 0.29) is 17.2 Å². The van der Waals surface area contributed by atoms with Crippen molar-refractivity contribution in [3.8, 4) is 11.6 Å². The zero-order valence-corrected chi connectivity index (χ0v) is 16.9. The van der Waals surface area contributed by atoms with Gasteiger partial charge in [0.2, 0.25) is 11.8 Å². The maximum Gasteiger partial charge on any atom is 0.335 e. The van der Waals surface area contributed by atoms with Crippen LogP contribution in [0.2, 0.25) is 0 Å². The van der Waals surface area contributed by atoms with Gasteiger partial charge in [0.1, 0.15) is 5.56 Å². The van der Waals surface area contributed by atoms with Gasteiger partial charge in [-0.1, -0.05) is 37.3 Å². The van der Waals surface area contributed by atoms with Gasteiger partial charge < -0.3 is 10.4 Å². The van der Waals surface area contributed by atoms with Gasteiger partial charge in [-0.15, -0.1) is 0 Å². The van der Waals surface area contributed by atoms with E-state index in [0.29, 0.717) is 23.5 Å². The third-order valence-corrected chi connectivity index (χ3v) is 4.59. The second kappa shape index (κ2) is 8.60. The second-order valence-electron chi connectivity index (χ2n) is 6.70. The molecule has 8 nitrogen and oxygen atoms in total.